The normalized spacial score (nSPS) is 16.3. The van der Waals surface area contributed by atoms with E-state index in [1.807, 2.05) is 13.0 Å². The summed E-state index contributed by atoms with van der Waals surface area (Å²) in [7, 11) is 0. The van der Waals surface area contributed by atoms with Crippen molar-refractivity contribution in [1.82, 2.24) is 15.3 Å². The van der Waals surface area contributed by atoms with Crippen molar-refractivity contribution in [2.45, 2.75) is 45.6 Å². The van der Waals surface area contributed by atoms with E-state index >= 15 is 0 Å². The minimum Gasteiger partial charge on any atom is -0.378 e. The van der Waals surface area contributed by atoms with E-state index in [2.05, 4.69) is 27.5 Å². The smallest absolute Gasteiger partial charge is 0.129 e. The van der Waals surface area contributed by atoms with Gasteiger partial charge in [0.25, 0.3) is 0 Å². The fourth-order valence-corrected chi connectivity index (χ4v) is 2.40. The van der Waals surface area contributed by atoms with Gasteiger partial charge in [0.05, 0.1) is 6.10 Å². The predicted molar refractivity (Wildman–Crippen MR) is 81.1 cm³/mol. The van der Waals surface area contributed by atoms with Crippen LogP contribution in [0.4, 0.5) is 5.82 Å². The molecule has 2 N–H and O–H groups in total. The van der Waals surface area contributed by atoms with Crippen LogP contribution in [0.5, 0.6) is 0 Å². The summed E-state index contributed by atoms with van der Waals surface area (Å²) in [5, 5.41) is 6.70. The molecule has 0 amide bonds. The van der Waals surface area contributed by atoms with Gasteiger partial charge in [-0.25, -0.2) is 9.97 Å². The molecule has 112 valence electrons. The summed E-state index contributed by atoms with van der Waals surface area (Å²) in [5.74, 6) is 1.76. The average Bonchev–Trinajstić information content (AvgIpc) is 2.47. The topological polar surface area (TPSA) is 59.1 Å². The number of hydrogen-bond donors (Lipinski definition) is 2. The zero-order valence-corrected chi connectivity index (χ0v) is 12.6. The van der Waals surface area contributed by atoms with Crippen LogP contribution in [0.1, 0.15) is 37.7 Å². The average molecular weight is 278 g/mol. The molecule has 0 spiro atoms. The Hall–Kier alpha value is -1.20. The molecule has 2 rings (SSSR count). The van der Waals surface area contributed by atoms with Gasteiger partial charge in [0.2, 0.25) is 0 Å². The Morgan fingerprint density at radius 1 is 1.35 bits per heavy atom. The SMILES string of the molecule is CCc1cc(NCCCOC2CCNCC2)nc(C)n1. The molecule has 2 heterocycles. The number of ether oxygens (including phenoxy) is 1. The number of rotatable bonds is 7. The largest absolute Gasteiger partial charge is 0.378 e. The van der Waals surface area contributed by atoms with Crippen molar-refractivity contribution < 1.29 is 4.74 Å². The Bertz CT molecular complexity index is 405. The summed E-state index contributed by atoms with van der Waals surface area (Å²) in [5.41, 5.74) is 1.09. The van der Waals surface area contributed by atoms with Crippen LogP contribution < -0.4 is 10.6 Å². The molecule has 0 bridgehead atoms. The fourth-order valence-electron chi connectivity index (χ4n) is 2.40. The second kappa shape index (κ2) is 8.17. The van der Waals surface area contributed by atoms with E-state index in [-0.39, 0.29) is 0 Å². The number of anilines is 1. The Labute approximate surface area is 121 Å². The molecule has 5 nitrogen and oxygen atoms in total. The van der Waals surface area contributed by atoms with Crippen LogP contribution >= 0.6 is 0 Å². The number of nitrogens with one attached hydrogen (secondary N) is 2. The zero-order valence-electron chi connectivity index (χ0n) is 12.6. The lowest BCUT2D eigenvalue weighted by Gasteiger charge is -2.22. The van der Waals surface area contributed by atoms with Gasteiger partial charge in [-0.15, -0.1) is 0 Å². The highest BCUT2D eigenvalue weighted by molar-refractivity contribution is 5.35. The molecule has 1 aliphatic rings. The van der Waals surface area contributed by atoms with E-state index in [1.54, 1.807) is 0 Å². The van der Waals surface area contributed by atoms with Crippen LogP contribution in [-0.2, 0) is 11.2 Å². The van der Waals surface area contributed by atoms with Gasteiger partial charge < -0.3 is 15.4 Å². The first-order valence-electron chi connectivity index (χ1n) is 7.68. The fraction of sp³-hybridized carbons (Fsp3) is 0.733. The molecule has 0 atom stereocenters. The van der Waals surface area contributed by atoms with Crippen LogP contribution in [0.25, 0.3) is 0 Å². The summed E-state index contributed by atoms with van der Waals surface area (Å²) in [4.78, 5) is 8.77. The van der Waals surface area contributed by atoms with Crippen molar-refractivity contribution in [2.75, 3.05) is 31.6 Å². The minimum absolute atomic E-state index is 0.448. The Kier molecular flexibility index (Phi) is 6.21. The highest BCUT2D eigenvalue weighted by Crippen LogP contribution is 2.09. The Balaban J connectivity index is 1.64. The number of aryl methyl sites for hydroxylation is 2. The molecule has 0 radical (unpaired) electrons. The molecule has 1 aliphatic heterocycles. The number of aromatic nitrogens is 2. The molecule has 5 heteroatoms. The summed E-state index contributed by atoms with van der Waals surface area (Å²) in [6.07, 6.45) is 4.67. The summed E-state index contributed by atoms with van der Waals surface area (Å²) in [6, 6.07) is 2.03. The minimum atomic E-state index is 0.448. The van der Waals surface area contributed by atoms with E-state index in [4.69, 9.17) is 4.74 Å². The number of piperidine rings is 1. The van der Waals surface area contributed by atoms with E-state index in [0.717, 1.165) is 69.3 Å². The lowest BCUT2D eigenvalue weighted by molar-refractivity contribution is 0.0329. The van der Waals surface area contributed by atoms with Crippen molar-refractivity contribution in [3.8, 4) is 0 Å². The molecule has 0 saturated carbocycles. The molecular formula is C15H26N4O. The van der Waals surface area contributed by atoms with E-state index in [1.165, 1.54) is 0 Å². The molecule has 20 heavy (non-hydrogen) atoms. The molecule has 0 unspecified atom stereocenters. The van der Waals surface area contributed by atoms with Crippen molar-refractivity contribution in [3.63, 3.8) is 0 Å². The molecular weight excluding hydrogens is 252 g/mol. The molecule has 1 aromatic rings. The van der Waals surface area contributed by atoms with Gasteiger partial charge in [-0.2, -0.15) is 0 Å². The van der Waals surface area contributed by atoms with Crippen LogP contribution in [0.15, 0.2) is 6.07 Å². The second-order valence-corrected chi connectivity index (χ2v) is 5.25. The van der Waals surface area contributed by atoms with E-state index in [9.17, 15) is 0 Å². The molecule has 0 aromatic carbocycles. The molecule has 1 aromatic heterocycles. The number of nitrogens with zero attached hydrogens (tertiary/aromatic N) is 2. The van der Waals surface area contributed by atoms with Gasteiger partial charge >= 0.3 is 0 Å². The lowest BCUT2D eigenvalue weighted by atomic mass is 10.1. The summed E-state index contributed by atoms with van der Waals surface area (Å²) >= 11 is 0. The van der Waals surface area contributed by atoms with Gasteiger partial charge in [0, 0.05) is 24.9 Å². The van der Waals surface area contributed by atoms with Crippen LogP contribution in [0.3, 0.4) is 0 Å². The third kappa shape index (κ3) is 5.06. The predicted octanol–water partition coefficient (Wildman–Crippen LogP) is 1.92. The van der Waals surface area contributed by atoms with Crippen molar-refractivity contribution in [3.05, 3.63) is 17.6 Å². The maximum Gasteiger partial charge on any atom is 0.129 e. The molecule has 0 aliphatic carbocycles. The van der Waals surface area contributed by atoms with Crippen molar-refractivity contribution >= 4 is 5.82 Å². The first-order valence-corrected chi connectivity index (χ1v) is 7.68. The highest BCUT2D eigenvalue weighted by atomic mass is 16.5. The van der Waals surface area contributed by atoms with Crippen LogP contribution in [0.2, 0.25) is 0 Å². The summed E-state index contributed by atoms with van der Waals surface area (Å²) in [6.45, 7) is 7.93. The van der Waals surface area contributed by atoms with E-state index < -0.39 is 0 Å². The van der Waals surface area contributed by atoms with E-state index in [0.29, 0.717) is 6.10 Å². The quantitative estimate of drug-likeness (QED) is 0.746. The summed E-state index contributed by atoms with van der Waals surface area (Å²) < 4.78 is 5.88. The monoisotopic (exact) mass is 278 g/mol. The number of hydrogen-bond acceptors (Lipinski definition) is 5. The second-order valence-electron chi connectivity index (χ2n) is 5.25. The maximum absolute atomic E-state index is 5.88. The zero-order chi connectivity index (χ0) is 14.2. The van der Waals surface area contributed by atoms with Gasteiger partial charge in [-0.3, -0.25) is 0 Å². The first-order chi connectivity index (χ1) is 9.78. The van der Waals surface area contributed by atoms with Crippen LogP contribution in [0, 0.1) is 6.92 Å². The molecule has 1 saturated heterocycles. The highest BCUT2D eigenvalue weighted by Gasteiger charge is 2.12. The van der Waals surface area contributed by atoms with Crippen LogP contribution in [-0.4, -0.2) is 42.3 Å². The first kappa shape index (κ1) is 15.2. The van der Waals surface area contributed by atoms with Crippen molar-refractivity contribution in [2.24, 2.45) is 0 Å². The maximum atomic E-state index is 5.88. The van der Waals surface area contributed by atoms with Gasteiger partial charge in [0.15, 0.2) is 0 Å². The Morgan fingerprint density at radius 2 is 2.15 bits per heavy atom. The standard InChI is InChI=1S/C15H26N4O/c1-3-13-11-15(19-12(2)18-13)17-7-4-10-20-14-5-8-16-9-6-14/h11,14,16H,3-10H2,1-2H3,(H,17,18,19). The van der Waals surface area contributed by atoms with Crippen molar-refractivity contribution in [1.29, 1.82) is 0 Å². The van der Waals surface area contributed by atoms with Gasteiger partial charge in [0.1, 0.15) is 11.6 Å². The third-order valence-electron chi connectivity index (χ3n) is 3.52. The third-order valence-corrected chi connectivity index (χ3v) is 3.52. The lowest BCUT2D eigenvalue weighted by Crippen LogP contribution is -2.32. The van der Waals surface area contributed by atoms with Gasteiger partial charge in [-0.1, -0.05) is 6.92 Å². The Morgan fingerprint density at radius 3 is 2.90 bits per heavy atom. The molecule has 1 fully saturated rings. The van der Waals surface area contributed by atoms with Gasteiger partial charge in [-0.05, 0) is 45.7 Å².